The number of benzene rings is 1. The lowest BCUT2D eigenvalue weighted by Crippen LogP contribution is -2.54. The first-order chi connectivity index (χ1) is 17.1. The van der Waals surface area contributed by atoms with Crippen LogP contribution < -0.4 is 15.1 Å². The molecule has 1 aliphatic carbocycles. The van der Waals surface area contributed by atoms with E-state index in [1.807, 2.05) is 52.1 Å². The molecule has 2 aliphatic heterocycles. The van der Waals surface area contributed by atoms with E-state index < -0.39 is 12.5 Å². The van der Waals surface area contributed by atoms with Gasteiger partial charge in [-0.25, -0.2) is 13.3 Å². The van der Waals surface area contributed by atoms with Crippen LogP contribution in [-0.2, 0) is 4.79 Å². The molecule has 1 unspecified atom stereocenters. The second-order valence-electron chi connectivity index (χ2n) is 9.71. The molecule has 3 fully saturated rings. The average Bonchev–Trinajstić information content (AvgIpc) is 3.66. The van der Waals surface area contributed by atoms with Gasteiger partial charge in [-0.15, -0.1) is 0 Å². The summed E-state index contributed by atoms with van der Waals surface area (Å²) >= 11 is 0. The summed E-state index contributed by atoms with van der Waals surface area (Å²) in [6.07, 6.45) is 3.51. The van der Waals surface area contributed by atoms with Crippen molar-refractivity contribution < 1.29 is 13.6 Å². The second kappa shape index (κ2) is 9.11. The number of nitrogens with zero attached hydrogens (tertiary/aromatic N) is 5. The Morgan fingerprint density at radius 1 is 1.00 bits per heavy atom. The molecule has 2 saturated heterocycles. The Kier molecular flexibility index (Phi) is 5.80. The van der Waals surface area contributed by atoms with Crippen molar-refractivity contribution in [3.8, 4) is 11.1 Å². The highest BCUT2D eigenvalue weighted by molar-refractivity contribution is 5.82. The molecule has 184 valence electrons. The van der Waals surface area contributed by atoms with Crippen molar-refractivity contribution in [2.75, 3.05) is 55.6 Å². The molecule has 0 bridgehead atoms. The largest absolute Gasteiger partial charge is 0.366 e. The standard InChI is InChI=1S/C26H30F2N6O/c27-25(28)24-16-29-9-10-33(24)21-5-3-18(4-6-21)20-15-23-22(7-8-30-34(23)17-20)31-11-13-32(14-12-31)26(35)19-1-2-19/h3-8,15,17,19,24-25,29H,1-2,9-14,16H2. The molecule has 1 saturated carbocycles. The van der Waals surface area contributed by atoms with Crippen LogP contribution in [0.3, 0.4) is 0 Å². The van der Waals surface area contributed by atoms with E-state index in [1.54, 1.807) is 4.90 Å². The summed E-state index contributed by atoms with van der Waals surface area (Å²) in [5, 5.41) is 7.57. The summed E-state index contributed by atoms with van der Waals surface area (Å²) in [7, 11) is 0. The molecule has 1 amide bonds. The van der Waals surface area contributed by atoms with Crippen LogP contribution in [0.5, 0.6) is 0 Å². The van der Waals surface area contributed by atoms with Gasteiger partial charge >= 0.3 is 0 Å². The minimum Gasteiger partial charge on any atom is -0.366 e. The number of carbonyl (C=O) groups excluding carboxylic acids is 1. The fourth-order valence-electron chi connectivity index (χ4n) is 5.30. The Balaban J connectivity index is 1.21. The van der Waals surface area contributed by atoms with Gasteiger partial charge in [-0.3, -0.25) is 4.79 Å². The molecule has 7 nitrogen and oxygen atoms in total. The van der Waals surface area contributed by atoms with Crippen LogP contribution in [0.25, 0.3) is 16.6 Å². The maximum atomic E-state index is 13.5. The number of nitrogens with one attached hydrogen (secondary N) is 1. The van der Waals surface area contributed by atoms with Gasteiger partial charge in [0.15, 0.2) is 0 Å². The average molecular weight is 481 g/mol. The van der Waals surface area contributed by atoms with Crippen LogP contribution in [0.2, 0.25) is 0 Å². The van der Waals surface area contributed by atoms with Crippen molar-refractivity contribution in [3.05, 3.63) is 48.8 Å². The molecule has 9 heteroatoms. The zero-order chi connectivity index (χ0) is 23.9. The van der Waals surface area contributed by atoms with Gasteiger partial charge in [0.05, 0.1) is 11.2 Å². The Hall–Kier alpha value is -3.20. The van der Waals surface area contributed by atoms with E-state index in [1.165, 1.54) is 0 Å². The minimum absolute atomic E-state index is 0.265. The number of aromatic nitrogens is 2. The number of alkyl halides is 2. The third-order valence-electron chi connectivity index (χ3n) is 7.45. The molecule has 2 aromatic heterocycles. The van der Waals surface area contributed by atoms with Crippen molar-refractivity contribution in [3.63, 3.8) is 0 Å². The highest BCUT2D eigenvalue weighted by atomic mass is 19.3. The third-order valence-corrected chi connectivity index (χ3v) is 7.45. The van der Waals surface area contributed by atoms with E-state index >= 15 is 0 Å². The number of piperazine rings is 2. The summed E-state index contributed by atoms with van der Waals surface area (Å²) in [6, 6.07) is 11.2. The van der Waals surface area contributed by atoms with Crippen LogP contribution in [0, 0.1) is 5.92 Å². The number of halogens is 2. The third kappa shape index (κ3) is 4.33. The van der Waals surface area contributed by atoms with Crippen molar-refractivity contribution in [1.29, 1.82) is 0 Å². The van der Waals surface area contributed by atoms with Crippen LogP contribution in [-0.4, -0.2) is 78.7 Å². The summed E-state index contributed by atoms with van der Waals surface area (Å²) in [5.41, 5.74) is 5.01. The number of carbonyl (C=O) groups is 1. The van der Waals surface area contributed by atoms with Crippen molar-refractivity contribution in [2.24, 2.45) is 5.92 Å². The van der Waals surface area contributed by atoms with Crippen LogP contribution in [0.4, 0.5) is 20.2 Å². The van der Waals surface area contributed by atoms with Gasteiger partial charge in [-0.1, -0.05) is 12.1 Å². The van der Waals surface area contributed by atoms with E-state index in [0.717, 1.165) is 67.0 Å². The summed E-state index contributed by atoms with van der Waals surface area (Å²) in [5.74, 6) is 0.584. The molecule has 1 aromatic carbocycles. The number of rotatable bonds is 5. The zero-order valence-electron chi connectivity index (χ0n) is 19.6. The lowest BCUT2D eigenvalue weighted by molar-refractivity contribution is -0.132. The molecule has 1 N–H and O–H groups in total. The topological polar surface area (TPSA) is 56.1 Å². The number of anilines is 2. The van der Waals surface area contributed by atoms with E-state index in [4.69, 9.17) is 0 Å². The maximum Gasteiger partial charge on any atom is 0.259 e. The predicted octanol–water partition coefficient (Wildman–Crippen LogP) is 3.10. The van der Waals surface area contributed by atoms with Gasteiger partial charge in [0, 0.05) is 75.4 Å². The van der Waals surface area contributed by atoms with E-state index in [2.05, 4.69) is 21.4 Å². The highest BCUT2D eigenvalue weighted by Crippen LogP contribution is 2.33. The van der Waals surface area contributed by atoms with Gasteiger partial charge in [0.25, 0.3) is 6.43 Å². The van der Waals surface area contributed by atoms with Gasteiger partial charge in [0.1, 0.15) is 6.04 Å². The van der Waals surface area contributed by atoms with Crippen LogP contribution in [0.1, 0.15) is 12.8 Å². The molecular weight excluding hydrogens is 450 g/mol. The zero-order valence-corrected chi connectivity index (χ0v) is 19.6. The fraction of sp³-hybridized carbons (Fsp3) is 0.462. The summed E-state index contributed by atoms with van der Waals surface area (Å²) < 4.78 is 28.9. The molecule has 0 radical (unpaired) electrons. The Bertz CT molecular complexity index is 1200. The van der Waals surface area contributed by atoms with Gasteiger partial charge < -0.3 is 20.0 Å². The van der Waals surface area contributed by atoms with Crippen molar-refractivity contribution >= 4 is 22.8 Å². The second-order valence-corrected chi connectivity index (χ2v) is 9.71. The smallest absolute Gasteiger partial charge is 0.259 e. The normalized spacial score (nSPS) is 21.2. The first kappa shape index (κ1) is 22.3. The van der Waals surface area contributed by atoms with Crippen LogP contribution >= 0.6 is 0 Å². The van der Waals surface area contributed by atoms with Crippen molar-refractivity contribution in [1.82, 2.24) is 19.8 Å². The molecule has 6 rings (SSSR count). The molecule has 35 heavy (non-hydrogen) atoms. The first-order valence-corrected chi connectivity index (χ1v) is 12.5. The Morgan fingerprint density at radius 3 is 2.49 bits per heavy atom. The van der Waals surface area contributed by atoms with E-state index in [9.17, 15) is 13.6 Å². The number of hydrogen-bond acceptors (Lipinski definition) is 5. The molecule has 4 heterocycles. The molecule has 0 spiro atoms. The van der Waals surface area contributed by atoms with Crippen LogP contribution in [0.15, 0.2) is 48.8 Å². The number of fused-ring (bicyclic) bond motifs is 1. The maximum absolute atomic E-state index is 13.5. The number of hydrogen-bond donors (Lipinski definition) is 1. The highest BCUT2D eigenvalue weighted by Gasteiger charge is 2.35. The fourth-order valence-corrected chi connectivity index (χ4v) is 5.30. The van der Waals surface area contributed by atoms with Gasteiger partial charge in [-0.05, 0) is 42.7 Å². The quantitative estimate of drug-likeness (QED) is 0.608. The van der Waals surface area contributed by atoms with Gasteiger partial charge in [-0.2, -0.15) is 5.10 Å². The number of amides is 1. The SMILES string of the molecule is O=C(C1CC1)N1CCN(c2ccnn3cc(-c4ccc(N5CCNCC5C(F)F)cc4)cc23)CC1. The summed E-state index contributed by atoms with van der Waals surface area (Å²) in [6.45, 7) is 4.69. The first-order valence-electron chi connectivity index (χ1n) is 12.5. The molecular formula is C26H30F2N6O. The molecule has 1 atom stereocenters. The lowest BCUT2D eigenvalue weighted by Gasteiger charge is -2.37. The van der Waals surface area contributed by atoms with Gasteiger partial charge in [0.2, 0.25) is 5.91 Å². The van der Waals surface area contributed by atoms with E-state index in [0.29, 0.717) is 25.5 Å². The minimum atomic E-state index is -2.39. The van der Waals surface area contributed by atoms with E-state index in [-0.39, 0.29) is 5.92 Å². The summed E-state index contributed by atoms with van der Waals surface area (Å²) in [4.78, 5) is 18.5. The van der Waals surface area contributed by atoms with Crippen molar-refractivity contribution in [2.45, 2.75) is 25.3 Å². The molecule has 3 aromatic rings. The predicted molar refractivity (Wildman–Crippen MR) is 132 cm³/mol. The Morgan fingerprint density at radius 2 is 1.77 bits per heavy atom. The lowest BCUT2D eigenvalue weighted by atomic mass is 10.1. The molecule has 3 aliphatic rings. The monoisotopic (exact) mass is 480 g/mol. The Labute approximate surface area is 203 Å².